The molecular weight excluding hydrogens is 439 g/mol. The average molecular weight is 466 g/mol. The van der Waals surface area contributed by atoms with Gasteiger partial charge in [-0.05, 0) is 0 Å². The van der Waals surface area contributed by atoms with E-state index in [1.807, 2.05) is 6.92 Å². The zero-order valence-electron chi connectivity index (χ0n) is 16.8. The van der Waals surface area contributed by atoms with Crippen LogP contribution in [-0.4, -0.2) is 77.4 Å². The molecule has 0 spiro atoms. The van der Waals surface area contributed by atoms with Crippen molar-refractivity contribution in [2.45, 2.75) is 37.9 Å². The summed E-state index contributed by atoms with van der Waals surface area (Å²) in [6.07, 6.45) is -1.19. The van der Waals surface area contributed by atoms with E-state index >= 15 is 0 Å². The molecule has 2 rings (SSSR count). The van der Waals surface area contributed by atoms with Crippen molar-refractivity contribution in [2.75, 3.05) is 39.3 Å². The molecule has 11 nitrogen and oxygen atoms in total. The maximum Gasteiger partial charge on any atom is 0.330 e. The van der Waals surface area contributed by atoms with Gasteiger partial charge >= 0.3 is 5.69 Å². The van der Waals surface area contributed by atoms with Crippen molar-refractivity contribution in [1.82, 2.24) is 9.55 Å². The van der Waals surface area contributed by atoms with E-state index < -0.39 is 35.8 Å². The molecule has 1 aliphatic rings. The number of thioether (sulfide) groups is 1. The number of aliphatic hydroxyl groups excluding tert-OH is 1. The number of carbonyl (C=O) groups is 1. The molecule has 0 bridgehead atoms. The number of aliphatic hydroxyl groups is 1. The normalized spacial score (nSPS) is 24.1. The summed E-state index contributed by atoms with van der Waals surface area (Å²) in [4.78, 5) is 36.6. The Kier molecular flexibility index (Phi) is 11.2. The van der Waals surface area contributed by atoms with Gasteiger partial charge in [-0.3, -0.25) is 19.1 Å². The highest BCUT2D eigenvalue weighted by Crippen LogP contribution is 2.35. The minimum absolute atomic E-state index is 0.136. The summed E-state index contributed by atoms with van der Waals surface area (Å²) in [5.41, 5.74) is -1.18. The Balaban J connectivity index is 1.78. The third kappa shape index (κ3) is 7.24. The second-order valence-electron chi connectivity index (χ2n) is 6.17. The third-order valence-corrected chi connectivity index (χ3v) is 5.89. The number of nitrogens with one attached hydrogen (secondary N) is 1. The van der Waals surface area contributed by atoms with Gasteiger partial charge in [0.2, 0.25) is 0 Å². The van der Waals surface area contributed by atoms with Crippen LogP contribution in [0, 0.1) is 0 Å². The Morgan fingerprint density at radius 3 is 2.80 bits per heavy atom. The topological polar surface area (TPSA) is 138 Å². The second kappa shape index (κ2) is 13.3. The number of methoxy groups -OCH3 is 1. The van der Waals surface area contributed by atoms with E-state index in [1.165, 1.54) is 35.7 Å². The number of nitrogens with zero attached hydrogens (tertiary/aromatic N) is 1. The Labute approximate surface area is 179 Å². The van der Waals surface area contributed by atoms with Crippen LogP contribution >= 0.6 is 20.8 Å². The molecule has 1 aromatic heterocycles. The van der Waals surface area contributed by atoms with Gasteiger partial charge in [-0.2, -0.15) is 0 Å². The minimum atomic E-state index is -0.877. The molecule has 13 heteroatoms. The number of rotatable bonds is 13. The predicted molar refractivity (Wildman–Crippen MR) is 111 cm³/mol. The van der Waals surface area contributed by atoms with Gasteiger partial charge in [0.15, 0.2) is 20.4 Å². The fourth-order valence-corrected chi connectivity index (χ4v) is 4.01. The zero-order chi connectivity index (χ0) is 21.9. The first kappa shape index (κ1) is 25.2. The minimum Gasteiger partial charge on any atom is -0.394 e. The van der Waals surface area contributed by atoms with E-state index in [1.54, 1.807) is 0 Å². The van der Waals surface area contributed by atoms with Crippen molar-refractivity contribution >= 4 is 25.9 Å². The highest BCUT2D eigenvalue weighted by Gasteiger charge is 2.47. The predicted octanol–water partition coefficient (Wildman–Crippen LogP) is 0.0380. The van der Waals surface area contributed by atoms with Crippen LogP contribution in [0.15, 0.2) is 21.9 Å². The first-order valence-corrected chi connectivity index (χ1v) is 11.2. The molecule has 2 heterocycles. The van der Waals surface area contributed by atoms with E-state index in [2.05, 4.69) is 4.98 Å². The van der Waals surface area contributed by atoms with Crippen LogP contribution in [0.25, 0.3) is 0 Å². The van der Waals surface area contributed by atoms with Gasteiger partial charge < -0.3 is 28.4 Å². The number of aromatic amines is 1. The smallest absolute Gasteiger partial charge is 0.330 e. The van der Waals surface area contributed by atoms with Gasteiger partial charge in [-0.25, -0.2) is 4.79 Å². The van der Waals surface area contributed by atoms with E-state index in [0.717, 1.165) is 0 Å². The average Bonchev–Trinajstić information content (AvgIpc) is 3.09. The largest absolute Gasteiger partial charge is 0.394 e. The van der Waals surface area contributed by atoms with Crippen molar-refractivity contribution in [3.8, 4) is 0 Å². The Morgan fingerprint density at radius 2 is 2.13 bits per heavy atom. The van der Waals surface area contributed by atoms with Crippen LogP contribution in [0.2, 0.25) is 0 Å². The first-order chi connectivity index (χ1) is 14.5. The van der Waals surface area contributed by atoms with Gasteiger partial charge in [-0.1, -0.05) is 18.7 Å². The summed E-state index contributed by atoms with van der Waals surface area (Å²) in [6, 6.07) is 1.20. The fourth-order valence-electron chi connectivity index (χ4n) is 2.75. The van der Waals surface area contributed by atoms with Crippen LogP contribution in [0.3, 0.4) is 0 Å². The molecule has 1 fully saturated rings. The lowest BCUT2D eigenvalue weighted by molar-refractivity contribution is -0.110. The molecule has 0 aromatic carbocycles. The lowest BCUT2D eigenvalue weighted by Crippen LogP contribution is -2.39. The summed E-state index contributed by atoms with van der Waals surface area (Å²) in [7, 11) is 1.08. The molecule has 0 radical (unpaired) electrons. The number of carbonyl (C=O) groups excluding carboxylic acids is 1. The summed E-state index contributed by atoms with van der Waals surface area (Å²) < 4.78 is 28.8. The zero-order valence-corrected chi connectivity index (χ0v) is 18.6. The van der Waals surface area contributed by atoms with E-state index in [0.29, 0.717) is 32.0 Å². The lowest BCUT2D eigenvalue weighted by atomic mass is 10.1. The van der Waals surface area contributed by atoms with Crippen molar-refractivity contribution in [2.24, 2.45) is 0 Å². The fraction of sp³-hybridized carbons (Fsp3) is 0.706. The number of hydrogen-bond donors (Lipinski definition) is 2. The first-order valence-electron chi connectivity index (χ1n) is 9.38. The Bertz CT molecular complexity index is 774. The van der Waals surface area contributed by atoms with Gasteiger partial charge in [-0.15, -0.1) is 0 Å². The van der Waals surface area contributed by atoms with Crippen LogP contribution in [-0.2, 0) is 28.1 Å². The second-order valence-corrected chi connectivity index (χ2v) is 8.01. The van der Waals surface area contributed by atoms with Gasteiger partial charge in [0.25, 0.3) is 5.56 Å². The molecule has 170 valence electrons. The van der Waals surface area contributed by atoms with Crippen LogP contribution < -0.4 is 11.2 Å². The van der Waals surface area contributed by atoms with E-state index in [9.17, 15) is 19.5 Å². The maximum absolute atomic E-state index is 12.1. The molecule has 30 heavy (non-hydrogen) atoms. The molecule has 5 atom stereocenters. The van der Waals surface area contributed by atoms with Crippen molar-refractivity contribution in [3.05, 3.63) is 33.1 Å². The summed E-state index contributed by atoms with van der Waals surface area (Å²) in [5.74, 6) is 0.601. The van der Waals surface area contributed by atoms with Crippen LogP contribution in [0.1, 0.15) is 19.6 Å². The van der Waals surface area contributed by atoms with Crippen LogP contribution in [0.5, 0.6) is 0 Å². The van der Waals surface area contributed by atoms with E-state index in [4.69, 9.17) is 23.3 Å². The van der Waals surface area contributed by atoms with Gasteiger partial charge in [0, 0.05) is 31.5 Å². The summed E-state index contributed by atoms with van der Waals surface area (Å²) >= 11 is 1.24. The Hall–Kier alpha value is -1.11. The molecule has 0 aliphatic carbocycles. The van der Waals surface area contributed by atoms with E-state index in [-0.39, 0.29) is 20.8 Å². The number of aromatic nitrogens is 2. The summed E-state index contributed by atoms with van der Waals surface area (Å²) in [5, 5.41) is 9.75. The number of hydrogen-bond acceptors (Lipinski definition) is 10. The van der Waals surface area contributed by atoms with Crippen LogP contribution in [0.4, 0.5) is 0 Å². The van der Waals surface area contributed by atoms with Crippen molar-refractivity contribution in [1.29, 1.82) is 0 Å². The van der Waals surface area contributed by atoms with Crippen molar-refractivity contribution < 1.29 is 33.2 Å². The molecule has 1 aliphatic heterocycles. The molecular formula is C17H27N2O9PS. The standard InChI is InChI=1S/C17H27N2O9PS/c1-3-13(22)30-9-8-25-6-7-26-29-28-14-11(10-20)27-16(15(14)24-2)19-5-4-12(21)18-17(19)23/h4-5,11,14-16,20,29H,3,6-10H2,1-2H3,(H,18,21,23)/t11-,14?,15+,16-/m1/s1. The number of H-pyrrole nitrogens is 1. The van der Waals surface area contributed by atoms with Gasteiger partial charge in [0.1, 0.15) is 18.3 Å². The van der Waals surface area contributed by atoms with Gasteiger partial charge in [0.05, 0.1) is 26.4 Å². The molecule has 0 amide bonds. The summed E-state index contributed by atoms with van der Waals surface area (Å²) in [6.45, 7) is 2.57. The monoisotopic (exact) mass is 466 g/mol. The number of ether oxygens (including phenoxy) is 3. The highest BCUT2D eigenvalue weighted by molar-refractivity contribution is 8.13. The van der Waals surface area contributed by atoms with Crippen molar-refractivity contribution in [3.63, 3.8) is 0 Å². The molecule has 2 N–H and O–H groups in total. The molecule has 1 saturated heterocycles. The SMILES string of the molecule is CCC(=O)SCCOCCOPOC1[C@@H](CO)O[C@@H](n2ccc(=O)[nH]c2=O)[C@H]1OC. The highest BCUT2D eigenvalue weighted by atomic mass is 32.2. The maximum atomic E-state index is 12.1. The quantitative estimate of drug-likeness (QED) is 0.303. The molecule has 0 saturated carbocycles. The Morgan fingerprint density at radius 1 is 1.33 bits per heavy atom. The molecule has 1 aromatic rings. The third-order valence-electron chi connectivity index (χ3n) is 4.22. The lowest BCUT2D eigenvalue weighted by Gasteiger charge is -2.22. The molecule has 2 unspecified atom stereocenters.